The Labute approximate surface area is 94.7 Å². The van der Waals surface area contributed by atoms with Gasteiger partial charge in [-0.25, -0.2) is 0 Å². The maximum Gasteiger partial charge on any atom is 0.0431 e. The summed E-state index contributed by atoms with van der Waals surface area (Å²) < 4.78 is 0. The molecule has 1 N–H and O–H groups in total. The van der Waals surface area contributed by atoms with Crippen LogP contribution in [-0.4, -0.2) is 36.2 Å². The summed E-state index contributed by atoms with van der Waals surface area (Å²) in [5.74, 6) is 1.00. The topological polar surface area (TPSA) is 23.5 Å². The van der Waals surface area contributed by atoms with Gasteiger partial charge in [0.25, 0.3) is 0 Å². The summed E-state index contributed by atoms with van der Waals surface area (Å²) >= 11 is 0. The van der Waals surface area contributed by atoms with Crippen LogP contribution in [0.3, 0.4) is 0 Å². The minimum absolute atomic E-state index is 0.360. The minimum Gasteiger partial charge on any atom is -0.396 e. The zero-order valence-electron chi connectivity index (χ0n) is 10.2. The number of piperidine rings is 1. The van der Waals surface area contributed by atoms with Crippen molar-refractivity contribution in [2.24, 2.45) is 5.92 Å². The summed E-state index contributed by atoms with van der Waals surface area (Å²) in [6.45, 7) is 6.52. The van der Waals surface area contributed by atoms with Crippen LogP contribution in [0.15, 0.2) is 0 Å². The predicted molar refractivity (Wildman–Crippen MR) is 65.0 cm³/mol. The van der Waals surface area contributed by atoms with E-state index in [1.807, 2.05) is 0 Å². The largest absolute Gasteiger partial charge is 0.396 e. The van der Waals surface area contributed by atoms with E-state index in [9.17, 15) is 0 Å². The van der Waals surface area contributed by atoms with Crippen LogP contribution in [0.4, 0.5) is 0 Å². The van der Waals surface area contributed by atoms with Crippen LogP contribution in [0.2, 0.25) is 0 Å². The zero-order chi connectivity index (χ0) is 10.9. The number of unbranched alkanes of at least 4 members (excludes halogenated alkanes) is 2. The number of aliphatic hydroxyl groups is 1. The van der Waals surface area contributed by atoms with Crippen LogP contribution in [0.5, 0.6) is 0 Å². The van der Waals surface area contributed by atoms with Gasteiger partial charge in [0, 0.05) is 6.61 Å². The van der Waals surface area contributed by atoms with Crippen molar-refractivity contribution in [3.05, 3.63) is 0 Å². The summed E-state index contributed by atoms with van der Waals surface area (Å²) in [6, 6.07) is 0. The molecule has 90 valence electrons. The molecule has 0 saturated carbocycles. The first kappa shape index (κ1) is 13.0. The second-order valence-electron chi connectivity index (χ2n) is 4.86. The molecule has 1 aliphatic rings. The van der Waals surface area contributed by atoms with Crippen LogP contribution in [0, 0.1) is 5.92 Å². The number of rotatable bonds is 7. The van der Waals surface area contributed by atoms with Gasteiger partial charge in [0.15, 0.2) is 0 Å². The van der Waals surface area contributed by atoms with Gasteiger partial charge in [0.05, 0.1) is 0 Å². The summed E-state index contributed by atoms with van der Waals surface area (Å²) in [5, 5.41) is 8.68. The molecule has 0 radical (unpaired) electrons. The first-order valence-electron chi connectivity index (χ1n) is 6.70. The maximum atomic E-state index is 8.68. The van der Waals surface area contributed by atoms with Gasteiger partial charge in [-0.05, 0) is 57.7 Å². The Morgan fingerprint density at radius 1 is 1.13 bits per heavy atom. The normalized spacial score (nSPS) is 19.6. The first-order valence-corrected chi connectivity index (χ1v) is 6.70. The van der Waals surface area contributed by atoms with Crippen LogP contribution in [0.1, 0.15) is 51.9 Å². The molecule has 0 amide bonds. The quantitative estimate of drug-likeness (QED) is 0.657. The standard InChI is InChI=1S/C13H27NO/c1-2-6-13-7-10-14(11-8-13)9-4-3-5-12-15/h13,15H,2-12H2,1H3. The van der Waals surface area contributed by atoms with Crippen molar-refractivity contribution in [2.45, 2.75) is 51.9 Å². The second-order valence-corrected chi connectivity index (χ2v) is 4.86. The molecule has 15 heavy (non-hydrogen) atoms. The van der Waals surface area contributed by atoms with Crippen molar-refractivity contribution >= 4 is 0 Å². The smallest absolute Gasteiger partial charge is 0.0431 e. The number of aliphatic hydroxyl groups excluding tert-OH is 1. The Kier molecular flexibility index (Phi) is 7.03. The SMILES string of the molecule is CCCC1CCN(CCCCCO)CC1. The van der Waals surface area contributed by atoms with Crippen molar-refractivity contribution in [3.8, 4) is 0 Å². The Balaban J connectivity index is 1.99. The number of likely N-dealkylation sites (tertiary alicyclic amines) is 1. The fraction of sp³-hybridized carbons (Fsp3) is 1.00. The molecule has 0 bridgehead atoms. The molecule has 1 aliphatic heterocycles. The number of nitrogens with zero attached hydrogens (tertiary/aromatic N) is 1. The molecule has 0 spiro atoms. The molecule has 1 rings (SSSR count). The Morgan fingerprint density at radius 2 is 1.87 bits per heavy atom. The third-order valence-electron chi connectivity index (χ3n) is 3.54. The monoisotopic (exact) mass is 213 g/mol. The molecule has 0 aromatic rings. The maximum absolute atomic E-state index is 8.68. The van der Waals surface area contributed by atoms with E-state index in [2.05, 4.69) is 11.8 Å². The van der Waals surface area contributed by atoms with Gasteiger partial charge in [0.2, 0.25) is 0 Å². The highest BCUT2D eigenvalue weighted by Gasteiger charge is 2.17. The van der Waals surface area contributed by atoms with E-state index in [-0.39, 0.29) is 0 Å². The van der Waals surface area contributed by atoms with E-state index in [4.69, 9.17) is 5.11 Å². The van der Waals surface area contributed by atoms with Crippen LogP contribution >= 0.6 is 0 Å². The van der Waals surface area contributed by atoms with Gasteiger partial charge in [-0.3, -0.25) is 0 Å². The van der Waals surface area contributed by atoms with Gasteiger partial charge < -0.3 is 10.0 Å². The highest BCUT2D eigenvalue weighted by Crippen LogP contribution is 2.21. The molecular weight excluding hydrogens is 186 g/mol. The number of hydrogen-bond donors (Lipinski definition) is 1. The van der Waals surface area contributed by atoms with Gasteiger partial charge in [-0.2, -0.15) is 0 Å². The summed E-state index contributed by atoms with van der Waals surface area (Å²) in [7, 11) is 0. The van der Waals surface area contributed by atoms with Gasteiger partial charge in [0.1, 0.15) is 0 Å². The first-order chi connectivity index (χ1) is 7.36. The lowest BCUT2D eigenvalue weighted by molar-refractivity contribution is 0.174. The average Bonchev–Trinajstić information content (AvgIpc) is 2.27. The zero-order valence-corrected chi connectivity index (χ0v) is 10.2. The predicted octanol–water partition coefficient (Wildman–Crippen LogP) is 2.66. The van der Waals surface area contributed by atoms with Crippen molar-refractivity contribution in [1.29, 1.82) is 0 Å². The van der Waals surface area contributed by atoms with Crippen LogP contribution < -0.4 is 0 Å². The fourth-order valence-electron chi connectivity index (χ4n) is 2.53. The van der Waals surface area contributed by atoms with E-state index in [0.29, 0.717) is 6.61 Å². The number of hydrogen-bond acceptors (Lipinski definition) is 2. The summed E-state index contributed by atoms with van der Waals surface area (Å²) in [4.78, 5) is 2.60. The Hall–Kier alpha value is -0.0800. The molecule has 1 saturated heterocycles. The lowest BCUT2D eigenvalue weighted by Crippen LogP contribution is -2.34. The summed E-state index contributed by atoms with van der Waals surface area (Å²) in [5.41, 5.74) is 0. The van der Waals surface area contributed by atoms with Crippen molar-refractivity contribution in [2.75, 3.05) is 26.2 Å². The van der Waals surface area contributed by atoms with E-state index < -0.39 is 0 Å². The minimum atomic E-state index is 0.360. The third-order valence-corrected chi connectivity index (χ3v) is 3.54. The van der Waals surface area contributed by atoms with Crippen molar-refractivity contribution in [1.82, 2.24) is 4.90 Å². The van der Waals surface area contributed by atoms with E-state index in [0.717, 1.165) is 12.3 Å². The summed E-state index contributed by atoms with van der Waals surface area (Å²) in [6.07, 6.45) is 9.03. The molecule has 1 fully saturated rings. The lowest BCUT2D eigenvalue weighted by atomic mass is 9.92. The van der Waals surface area contributed by atoms with Gasteiger partial charge in [-0.15, -0.1) is 0 Å². The van der Waals surface area contributed by atoms with E-state index >= 15 is 0 Å². The molecule has 0 atom stereocenters. The molecule has 1 heterocycles. The highest BCUT2D eigenvalue weighted by atomic mass is 16.2. The van der Waals surface area contributed by atoms with Gasteiger partial charge >= 0.3 is 0 Å². The Morgan fingerprint density at radius 3 is 2.47 bits per heavy atom. The molecule has 0 aromatic carbocycles. The van der Waals surface area contributed by atoms with E-state index in [1.54, 1.807) is 0 Å². The molecule has 0 unspecified atom stereocenters. The van der Waals surface area contributed by atoms with Crippen molar-refractivity contribution < 1.29 is 5.11 Å². The highest BCUT2D eigenvalue weighted by molar-refractivity contribution is 4.71. The van der Waals surface area contributed by atoms with Crippen LogP contribution in [0.25, 0.3) is 0 Å². The molecular formula is C13H27NO. The van der Waals surface area contributed by atoms with Crippen LogP contribution in [-0.2, 0) is 0 Å². The second kappa shape index (κ2) is 8.12. The molecule has 0 aromatic heterocycles. The molecule has 2 nitrogen and oxygen atoms in total. The molecule has 2 heteroatoms. The third kappa shape index (κ3) is 5.53. The lowest BCUT2D eigenvalue weighted by Gasteiger charge is -2.31. The Bertz CT molecular complexity index is 139. The van der Waals surface area contributed by atoms with Crippen molar-refractivity contribution in [3.63, 3.8) is 0 Å². The van der Waals surface area contributed by atoms with Gasteiger partial charge in [-0.1, -0.05) is 19.8 Å². The van der Waals surface area contributed by atoms with E-state index in [1.165, 1.54) is 58.2 Å². The fourth-order valence-corrected chi connectivity index (χ4v) is 2.53. The molecule has 0 aliphatic carbocycles. The average molecular weight is 213 g/mol.